The molecule has 0 spiro atoms. The SMILES string of the molecule is NC(=O)/C=C/c1c[nH]c2nc(Nc3cccc(N)c3)ccc12. The number of hydrogen-bond acceptors (Lipinski definition) is 4. The number of hydrogen-bond donors (Lipinski definition) is 4. The Labute approximate surface area is 126 Å². The van der Waals surface area contributed by atoms with Crippen molar-refractivity contribution in [1.82, 2.24) is 9.97 Å². The van der Waals surface area contributed by atoms with Crippen LogP contribution in [0.5, 0.6) is 0 Å². The summed E-state index contributed by atoms with van der Waals surface area (Å²) in [4.78, 5) is 18.4. The van der Waals surface area contributed by atoms with Crippen LogP contribution in [-0.2, 0) is 4.79 Å². The van der Waals surface area contributed by atoms with Crippen molar-refractivity contribution >= 4 is 40.2 Å². The fourth-order valence-electron chi connectivity index (χ4n) is 2.17. The van der Waals surface area contributed by atoms with Crippen molar-refractivity contribution in [2.45, 2.75) is 0 Å². The second kappa shape index (κ2) is 5.61. The number of carbonyl (C=O) groups excluding carboxylic acids is 1. The molecule has 0 radical (unpaired) electrons. The third kappa shape index (κ3) is 2.90. The molecule has 0 saturated carbocycles. The molecule has 0 aliphatic heterocycles. The molecular formula is C16H15N5O. The van der Waals surface area contributed by atoms with Crippen LogP contribution in [0.1, 0.15) is 5.56 Å². The Morgan fingerprint density at radius 2 is 2.14 bits per heavy atom. The number of anilines is 3. The Morgan fingerprint density at radius 1 is 1.27 bits per heavy atom. The summed E-state index contributed by atoms with van der Waals surface area (Å²) in [6.45, 7) is 0. The molecule has 6 nitrogen and oxygen atoms in total. The first-order chi connectivity index (χ1) is 10.6. The van der Waals surface area contributed by atoms with Gasteiger partial charge in [-0.1, -0.05) is 6.07 Å². The number of pyridine rings is 1. The van der Waals surface area contributed by atoms with Gasteiger partial charge in [-0.2, -0.15) is 0 Å². The van der Waals surface area contributed by atoms with Gasteiger partial charge in [0.2, 0.25) is 5.91 Å². The summed E-state index contributed by atoms with van der Waals surface area (Å²) in [5.74, 6) is 0.215. The Kier molecular flexibility index (Phi) is 3.49. The van der Waals surface area contributed by atoms with Crippen molar-refractivity contribution in [2.75, 3.05) is 11.1 Å². The van der Waals surface area contributed by atoms with Crippen molar-refractivity contribution in [1.29, 1.82) is 0 Å². The lowest BCUT2D eigenvalue weighted by molar-refractivity contribution is -0.113. The van der Waals surface area contributed by atoms with Crippen LogP contribution in [0.25, 0.3) is 17.1 Å². The molecule has 110 valence electrons. The second-order valence-electron chi connectivity index (χ2n) is 4.82. The molecule has 2 aromatic heterocycles. The lowest BCUT2D eigenvalue weighted by Crippen LogP contribution is -2.04. The average molecular weight is 293 g/mol. The third-order valence-corrected chi connectivity index (χ3v) is 3.16. The predicted octanol–water partition coefficient (Wildman–Crippen LogP) is 2.39. The first-order valence-corrected chi connectivity index (χ1v) is 6.70. The highest BCUT2D eigenvalue weighted by Crippen LogP contribution is 2.22. The standard InChI is InChI=1S/C16H15N5O/c17-11-2-1-3-12(8-11)20-15-7-5-13-10(4-6-14(18)22)9-19-16(13)21-15/h1-9H,17H2,(H2,18,22)(H2,19,20,21)/b6-4+. The van der Waals surface area contributed by atoms with Crippen molar-refractivity contribution in [2.24, 2.45) is 5.73 Å². The van der Waals surface area contributed by atoms with Crippen LogP contribution in [0, 0.1) is 0 Å². The Morgan fingerprint density at radius 3 is 2.91 bits per heavy atom. The molecule has 1 aromatic carbocycles. The Balaban J connectivity index is 1.89. The second-order valence-corrected chi connectivity index (χ2v) is 4.82. The van der Waals surface area contributed by atoms with Crippen LogP contribution in [0.2, 0.25) is 0 Å². The van der Waals surface area contributed by atoms with Crippen LogP contribution < -0.4 is 16.8 Å². The van der Waals surface area contributed by atoms with Gasteiger partial charge in [0.15, 0.2) is 0 Å². The number of nitrogens with two attached hydrogens (primary N) is 2. The predicted molar refractivity (Wildman–Crippen MR) is 88.5 cm³/mol. The molecule has 0 unspecified atom stereocenters. The minimum Gasteiger partial charge on any atom is -0.399 e. The smallest absolute Gasteiger partial charge is 0.241 e. The molecule has 22 heavy (non-hydrogen) atoms. The maximum Gasteiger partial charge on any atom is 0.241 e. The Bertz CT molecular complexity index is 866. The molecule has 0 aliphatic rings. The highest BCUT2D eigenvalue weighted by Gasteiger charge is 2.04. The summed E-state index contributed by atoms with van der Waals surface area (Å²) in [6.07, 6.45) is 4.76. The topological polar surface area (TPSA) is 110 Å². The number of fused-ring (bicyclic) bond motifs is 1. The van der Waals surface area contributed by atoms with Gasteiger partial charge >= 0.3 is 0 Å². The van der Waals surface area contributed by atoms with E-state index in [2.05, 4.69) is 15.3 Å². The van der Waals surface area contributed by atoms with E-state index >= 15 is 0 Å². The van der Waals surface area contributed by atoms with E-state index in [9.17, 15) is 4.79 Å². The highest BCUT2D eigenvalue weighted by molar-refractivity contribution is 5.94. The molecule has 0 saturated heterocycles. The monoisotopic (exact) mass is 293 g/mol. The van der Waals surface area contributed by atoms with E-state index in [1.807, 2.05) is 36.4 Å². The molecule has 0 fully saturated rings. The number of nitrogens with zero attached hydrogens (tertiary/aromatic N) is 1. The van der Waals surface area contributed by atoms with Crippen LogP contribution in [0.15, 0.2) is 48.7 Å². The number of nitrogen functional groups attached to an aromatic ring is 1. The summed E-state index contributed by atoms with van der Waals surface area (Å²) in [7, 11) is 0. The minimum absolute atomic E-state index is 0.484. The molecule has 2 heterocycles. The van der Waals surface area contributed by atoms with E-state index in [4.69, 9.17) is 11.5 Å². The van der Waals surface area contributed by atoms with Crippen LogP contribution in [0.4, 0.5) is 17.2 Å². The molecule has 3 aromatic rings. The van der Waals surface area contributed by atoms with Gasteiger partial charge in [-0.05, 0) is 36.4 Å². The van der Waals surface area contributed by atoms with E-state index < -0.39 is 5.91 Å². The third-order valence-electron chi connectivity index (χ3n) is 3.16. The van der Waals surface area contributed by atoms with Crippen molar-refractivity contribution in [3.8, 4) is 0 Å². The summed E-state index contributed by atoms with van der Waals surface area (Å²) in [5.41, 5.74) is 14.0. The molecule has 0 bridgehead atoms. The number of carbonyl (C=O) groups is 1. The zero-order valence-electron chi connectivity index (χ0n) is 11.7. The number of amides is 1. The largest absolute Gasteiger partial charge is 0.399 e. The molecule has 1 amide bonds. The fourth-order valence-corrected chi connectivity index (χ4v) is 2.17. The van der Waals surface area contributed by atoms with E-state index in [1.54, 1.807) is 12.3 Å². The fraction of sp³-hybridized carbons (Fsp3) is 0. The van der Waals surface area contributed by atoms with Gasteiger partial charge in [-0.3, -0.25) is 4.79 Å². The quantitative estimate of drug-likeness (QED) is 0.437. The first kappa shape index (κ1) is 13.7. The van der Waals surface area contributed by atoms with E-state index in [1.165, 1.54) is 6.08 Å². The lowest BCUT2D eigenvalue weighted by atomic mass is 10.2. The lowest BCUT2D eigenvalue weighted by Gasteiger charge is -2.06. The zero-order valence-corrected chi connectivity index (χ0v) is 11.7. The van der Waals surface area contributed by atoms with Crippen LogP contribution in [0.3, 0.4) is 0 Å². The van der Waals surface area contributed by atoms with Gasteiger partial charge in [0.1, 0.15) is 11.5 Å². The normalized spacial score (nSPS) is 11.1. The number of nitrogens with one attached hydrogen (secondary N) is 2. The van der Waals surface area contributed by atoms with E-state index in [0.717, 1.165) is 22.3 Å². The van der Waals surface area contributed by atoms with Crippen molar-refractivity contribution < 1.29 is 4.79 Å². The maximum atomic E-state index is 10.8. The molecule has 6 heteroatoms. The van der Waals surface area contributed by atoms with Crippen LogP contribution in [-0.4, -0.2) is 15.9 Å². The number of primary amides is 1. The molecule has 0 aliphatic carbocycles. The van der Waals surface area contributed by atoms with Gasteiger partial charge in [0.05, 0.1) is 0 Å². The summed E-state index contributed by atoms with van der Waals surface area (Å²) < 4.78 is 0. The van der Waals surface area contributed by atoms with Crippen molar-refractivity contribution in [3.05, 3.63) is 54.2 Å². The molecule has 0 atom stereocenters. The summed E-state index contributed by atoms with van der Waals surface area (Å²) in [5, 5.41) is 4.11. The van der Waals surface area contributed by atoms with Gasteiger partial charge in [-0.15, -0.1) is 0 Å². The highest BCUT2D eigenvalue weighted by atomic mass is 16.1. The average Bonchev–Trinajstić information content (AvgIpc) is 2.87. The number of rotatable bonds is 4. The molecule has 6 N–H and O–H groups in total. The zero-order chi connectivity index (χ0) is 15.5. The molecule has 3 rings (SSSR count). The van der Waals surface area contributed by atoms with E-state index in [-0.39, 0.29) is 0 Å². The molecular weight excluding hydrogens is 278 g/mol. The van der Waals surface area contributed by atoms with Gasteiger partial charge in [-0.25, -0.2) is 4.98 Å². The van der Waals surface area contributed by atoms with E-state index in [0.29, 0.717) is 11.5 Å². The van der Waals surface area contributed by atoms with Gasteiger partial charge in [0, 0.05) is 34.6 Å². The van der Waals surface area contributed by atoms with Crippen LogP contribution >= 0.6 is 0 Å². The first-order valence-electron chi connectivity index (χ1n) is 6.70. The number of benzene rings is 1. The summed E-state index contributed by atoms with van der Waals surface area (Å²) in [6, 6.07) is 11.2. The maximum absolute atomic E-state index is 10.8. The number of H-pyrrole nitrogens is 1. The Hall–Kier alpha value is -3.28. The minimum atomic E-state index is -0.484. The van der Waals surface area contributed by atoms with Crippen molar-refractivity contribution in [3.63, 3.8) is 0 Å². The number of aromatic nitrogens is 2. The van der Waals surface area contributed by atoms with Gasteiger partial charge < -0.3 is 21.8 Å². The summed E-state index contributed by atoms with van der Waals surface area (Å²) >= 11 is 0. The van der Waals surface area contributed by atoms with Gasteiger partial charge in [0.25, 0.3) is 0 Å². The number of aromatic amines is 1.